The van der Waals surface area contributed by atoms with Gasteiger partial charge in [-0.1, -0.05) is 95.6 Å². The Morgan fingerprint density at radius 3 is 1.45 bits per heavy atom. The molecule has 6 rings (SSSR count). The number of imidazole rings is 1. The fourth-order valence-electron chi connectivity index (χ4n) is 4.44. The molecule has 4 heteroatoms. The van der Waals surface area contributed by atoms with Gasteiger partial charge in [-0.2, -0.15) is 5.10 Å². The summed E-state index contributed by atoms with van der Waals surface area (Å²) in [7, 11) is 0. The molecule has 2 saturated carbocycles. The molecular formula is C40H62N4. The first-order valence-corrected chi connectivity index (χ1v) is 17.0. The quantitative estimate of drug-likeness (QED) is 0.221. The fraction of sp³-hybridized carbons (Fsp3) is 0.550. The summed E-state index contributed by atoms with van der Waals surface area (Å²) in [5.74, 6) is 4.28. The molecular weight excluding hydrogens is 536 g/mol. The van der Waals surface area contributed by atoms with Gasteiger partial charge < -0.3 is 4.57 Å². The number of hydrogen-bond donors (Lipinski definition) is 0. The second kappa shape index (κ2) is 19.3. The van der Waals surface area contributed by atoms with Gasteiger partial charge in [0.15, 0.2) is 0 Å². The van der Waals surface area contributed by atoms with Crippen molar-refractivity contribution in [1.29, 1.82) is 0 Å². The zero-order valence-electron chi connectivity index (χ0n) is 29.7. The van der Waals surface area contributed by atoms with E-state index in [0.29, 0.717) is 23.9 Å². The summed E-state index contributed by atoms with van der Waals surface area (Å²) < 4.78 is 3.97. The highest BCUT2D eigenvalue weighted by Crippen LogP contribution is 2.40. The molecule has 0 spiro atoms. The van der Waals surface area contributed by atoms with Crippen molar-refractivity contribution in [3.63, 3.8) is 0 Å². The predicted octanol–water partition coefficient (Wildman–Crippen LogP) is 11.8. The Morgan fingerprint density at radius 1 is 0.636 bits per heavy atom. The molecule has 0 saturated heterocycles. The Kier molecular flexibility index (Phi) is 16.2. The molecule has 2 aliphatic carbocycles. The van der Waals surface area contributed by atoms with Gasteiger partial charge in [-0.15, -0.1) is 0 Å². The second-order valence-electron chi connectivity index (χ2n) is 13.9. The van der Waals surface area contributed by atoms with Crippen LogP contribution in [-0.2, 0) is 0 Å². The lowest BCUT2D eigenvalue weighted by molar-refractivity contribution is 0.532. The van der Waals surface area contributed by atoms with Gasteiger partial charge in [0.1, 0.15) is 0 Å². The molecule has 2 aromatic carbocycles. The Hall–Kier alpha value is -3.14. The highest BCUT2D eigenvalue weighted by atomic mass is 15.3. The number of aromatic nitrogens is 4. The van der Waals surface area contributed by atoms with E-state index < -0.39 is 0 Å². The first-order valence-electron chi connectivity index (χ1n) is 17.0. The zero-order valence-corrected chi connectivity index (χ0v) is 29.7. The standard InChI is InChI=1S/C12H16.C10H14.2C6H10N2.C6H12/c1-9(2)10-3-5-11(6-4-10)12-7-8-12;1-8(2)10-6-4-9(3)5-7-10;1-6(2)8-4-3-7-5-8;1-6(2)8-5-3-4-7-8;1-5(2)6-3-4-6/h3-6,9,12H,7-8H2,1-2H3;4-8H,1-3H3;2*3-6H,1-2H3;5-6H,3-4H2,1-2H3. The summed E-state index contributed by atoms with van der Waals surface area (Å²) in [4.78, 5) is 3.91. The molecule has 0 N–H and O–H groups in total. The number of rotatable bonds is 6. The zero-order chi connectivity index (χ0) is 32.6. The smallest absolute Gasteiger partial charge is 0.0948 e. The van der Waals surface area contributed by atoms with Gasteiger partial charge in [0.25, 0.3) is 0 Å². The minimum atomic E-state index is 0.491. The first-order chi connectivity index (χ1) is 20.9. The van der Waals surface area contributed by atoms with Crippen LogP contribution in [0.1, 0.15) is 147 Å². The summed E-state index contributed by atoms with van der Waals surface area (Å²) in [6.45, 7) is 24.1. The van der Waals surface area contributed by atoms with Crippen LogP contribution in [0, 0.1) is 18.8 Å². The van der Waals surface area contributed by atoms with Crippen LogP contribution in [0.25, 0.3) is 0 Å². The van der Waals surface area contributed by atoms with Crippen molar-refractivity contribution < 1.29 is 0 Å². The molecule has 0 radical (unpaired) electrons. The number of benzene rings is 2. The minimum absolute atomic E-state index is 0.491. The second-order valence-corrected chi connectivity index (χ2v) is 13.9. The van der Waals surface area contributed by atoms with Crippen molar-refractivity contribution in [3.05, 3.63) is 108 Å². The highest BCUT2D eigenvalue weighted by Gasteiger charge is 2.24. The maximum Gasteiger partial charge on any atom is 0.0948 e. The van der Waals surface area contributed by atoms with Gasteiger partial charge in [-0.05, 0) is 113 Å². The Labute approximate surface area is 270 Å². The lowest BCUT2D eigenvalue weighted by Crippen LogP contribution is -1.99. The Balaban J connectivity index is 0.000000195. The van der Waals surface area contributed by atoms with E-state index in [0.717, 1.165) is 17.8 Å². The molecule has 242 valence electrons. The van der Waals surface area contributed by atoms with Crippen molar-refractivity contribution >= 4 is 0 Å². The number of nitrogens with zero attached hydrogens (tertiary/aromatic N) is 4. The van der Waals surface area contributed by atoms with E-state index in [1.54, 1.807) is 18.0 Å². The summed E-state index contributed by atoms with van der Waals surface area (Å²) in [6.07, 6.45) is 15.1. The maximum atomic E-state index is 4.03. The average Bonchev–Trinajstić information content (AvgIpc) is 3.91. The van der Waals surface area contributed by atoms with Gasteiger partial charge in [-0.3, -0.25) is 4.68 Å². The predicted molar refractivity (Wildman–Crippen MR) is 191 cm³/mol. The first kappa shape index (κ1) is 37.0. The van der Waals surface area contributed by atoms with Crippen molar-refractivity contribution in [2.75, 3.05) is 0 Å². The van der Waals surface area contributed by atoms with Crippen LogP contribution < -0.4 is 0 Å². The summed E-state index contributed by atoms with van der Waals surface area (Å²) in [5.41, 5.74) is 5.76. The molecule has 2 aromatic heterocycles. The average molecular weight is 599 g/mol. The van der Waals surface area contributed by atoms with E-state index in [2.05, 4.69) is 139 Å². The van der Waals surface area contributed by atoms with E-state index in [4.69, 9.17) is 0 Å². The maximum absolute atomic E-state index is 4.03. The minimum Gasteiger partial charge on any atom is -0.335 e. The van der Waals surface area contributed by atoms with Crippen LogP contribution in [0.5, 0.6) is 0 Å². The lowest BCUT2D eigenvalue weighted by atomic mass is 10.0. The third-order valence-corrected chi connectivity index (χ3v) is 8.14. The molecule has 0 bridgehead atoms. The van der Waals surface area contributed by atoms with Crippen LogP contribution in [0.4, 0.5) is 0 Å². The normalized spacial score (nSPS) is 13.8. The molecule has 44 heavy (non-hydrogen) atoms. The fourth-order valence-corrected chi connectivity index (χ4v) is 4.44. The molecule has 2 heterocycles. The van der Waals surface area contributed by atoms with Crippen LogP contribution in [0.3, 0.4) is 0 Å². The Bertz CT molecular complexity index is 1160. The number of aryl methyl sites for hydroxylation is 1. The van der Waals surface area contributed by atoms with E-state index in [1.165, 1.54) is 42.4 Å². The van der Waals surface area contributed by atoms with Crippen molar-refractivity contribution in [1.82, 2.24) is 19.3 Å². The molecule has 2 aliphatic rings. The van der Waals surface area contributed by atoms with Gasteiger partial charge in [-0.25, -0.2) is 4.98 Å². The summed E-state index contributed by atoms with van der Waals surface area (Å²) in [6, 6.07) is 20.8. The van der Waals surface area contributed by atoms with E-state index >= 15 is 0 Å². The molecule has 4 aromatic rings. The van der Waals surface area contributed by atoms with Gasteiger partial charge >= 0.3 is 0 Å². The van der Waals surface area contributed by atoms with Crippen molar-refractivity contribution in [3.8, 4) is 0 Å². The lowest BCUT2D eigenvalue weighted by Gasteiger charge is -2.05. The van der Waals surface area contributed by atoms with Gasteiger partial charge in [0, 0.05) is 36.9 Å². The van der Waals surface area contributed by atoms with E-state index in [9.17, 15) is 0 Å². The molecule has 0 amide bonds. The van der Waals surface area contributed by atoms with Gasteiger partial charge in [0.2, 0.25) is 0 Å². The molecule has 0 atom stereocenters. The SMILES string of the molecule is CC(C)C1CC1.CC(C)c1ccc(C2CC2)cc1.CC(C)n1cccn1.CC(C)n1ccnc1.Cc1ccc(C(C)C)cc1. The van der Waals surface area contributed by atoms with Crippen molar-refractivity contribution in [2.24, 2.45) is 11.8 Å². The molecule has 4 nitrogen and oxygen atoms in total. The summed E-state index contributed by atoms with van der Waals surface area (Å²) >= 11 is 0. The van der Waals surface area contributed by atoms with E-state index in [1.807, 2.05) is 29.5 Å². The third kappa shape index (κ3) is 15.0. The molecule has 0 aliphatic heterocycles. The topological polar surface area (TPSA) is 35.6 Å². The summed E-state index contributed by atoms with van der Waals surface area (Å²) in [5, 5.41) is 4.03. The van der Waals surface area contributed by atoms with Crippen LogP contribution in [0.15, 0.2) is 85.7 Å². The van der Waals surface area contributed by atoms with Crippen LogP contribution >= 0.6 is 0 Å². The largest absolute Gasteiger partial charge is 0.335 e. The highest BCUT2D eigenvalue weighted by molar-refractivity contribution is 5.29. The Morgan fingerprint density at radius 2 is 1.18 bits per heavy atom. The van der Waals surface area contributed by atoms with Crippen LogP contribution in [-0.4, -0.2) is 19.3 Å². The number of hydrogen-bond acceptors (Lipinski definition) is 2. The van der Waals surface area contributed by atoms with E-state index in [-0.39, 0.29) is 0 Å². The monoisotopic (exact) mass is 598 g/mol. The van der Waals surface area contributed by atoms with Crippen LogP contribution in [0.2, 0.25) is 0 Å². The molecule has 2 fully saturated rings. The van der Waals surface area contributed by atoms with Gasteiger partial charge in [0.05, 0.1) is 6.33 Å². The molecule has 0 unspecified atom stereocenters. The third-order valence-electron chi connectivity index (χ3n) is 8.14. The van der Waals surface area contributed by atoms with Crippen molar-refractivity contribution in [2.45, 2.75) is 132 Å².